The summed E-state index contributed by atoms with van der Waals surface area (Å²) in [5.41, 5.74) is 0.882. The molecule has 1 aromatic carbocycles. The van der Waals surface area contributed by atoms with Gasteiger partial charge < -0.3 is 4.74 Å². The van der Waals surface area contributed by atoms with Gasteiger partial charge in [0, 0.05) is 6.92 Å². The van der Waals surface area contributed by atoms with Gasteiger partial charge >= 0.3 is 0 Å². The van der Waals surface area contributed by atoms with E-state index in [-0.39, 0.29) is 17.6 Å². The first-order valence-electron chi connectivity index (χ1n) is 6.05. The summed E-state index contributed by atoms with van der Waals surface area (Å²) in [6.45, 7) is 3.87. The fourth-order valence-corrected chi connectivity index (χ4v) is 3.46. The predicted octanol–water partition coefficient (Wildman–Crippen LogP) is 2.45. The standard InChI is InChI=1S/C13H14N2O3S2/c1-3-18-9-4-5-10-11(6-9)20-13(15-10)19-7-12(17)14-8(2)16/h4-6H,3,7H2,1-2H3,(H,14,16,17). The van der Waals surface area contributed by atoms with Crippen molar-refractivity contribution >= 4 is 45.1 Å². The Hall–Kier alpha value is -1.60. The van der Waals surface area contributed by atoms with Crippen molar-refractivity contribution < 1.29 is 14.3 Å². The number of aromatic nitrogens is 1. The van der Waals surface area contributed by atoms with Crippen molar-refractivity contribution in [1.82, 2.24) is 10.3 Å². The largest absolute Gasteiger partial charge is 0.494 e. The molecule has 20 heavy (non-hydrogen) atoms. The minimum atomic E-state index is -0.346. The summed E-state index contributed by atoms with van der Waals surface area (Å²) in [6.07, 6.45) is 0. The third kappa shape index (κ3) is 3.94. The van der Waals surface area contributed by atoms with Crippen LogP contribution >= 0.6 is 23.1 Å². The number of rotatable bonds is 5. The summed E-state index contributed by atoms with van der Waals surface area (Å²) in [5, 5.41) is 2.23. The van der Waals surface area contributed by atoms with Gasteiger partial charge in [-0.1, -0.05) is 11.8 Å². The van der Waals surface area contributed by atoms with E-state index in [1.54, 1.807) is 0 Å². The second-order valence-electron chi connectivity index (χ2n) is 3.94. The second kappa shape index (κ2) is 6.71. The first-order chi connectivity index (χ1) is 9.58. The van der Waals surface area contributed by atoms with Crippen LogP contribution < -0.4 is 10.1 Å². The Morgan fingerprint density at radius 2 is 2.25 bits per heavy atom. The van der Waals surface area contributed by atoms with Crippen LogP contribution in [0.2, 0.25) is 0 Å². The van der Waals surface area contributed by atoms with Crippen LogP contribution in [0.1, 0.15) is 13.8 Å². The molecule has 2 amide bonds. The van der Waals surface area contributed by atoms with Crippen LogP contribution in [-0.2, 0) is 9.59 Å². The molecule has 7 heteroatoms. The molecular formula is C13H14N2O3S2. The number of carbonyl (C=O) groups excluding carboxylic acids is 2. The Morgan fingerprint density at radius 3 is 2.95 bits per heavy atom. The van der Waals surface area contributed by atoms with E-state index in [1.165, 1.54) is 30.0 Å². The van der Waals surface area contributed by atoms with Gasteiger partial charge in [0.2, 0.25) is 11.8 Å². The molecular weight excluding hydrogens is 296 g/mol. The number of nitrogens with one attached hydrogen (secondary N) is 1. The van der Waals surface area contributed by atoms with Gasteiger partial charge in [-0.2, -0.15) is 0 Å². The number of hydrogen-bond donors (Lipinski definition) is 1. The highest BCUT2D eigenvalue weighted by Gasteiger charge is 2.09. The third-order valence-corrected chi connectivity index (χ3v) is 4.45. The lowest BCUT2D eigenvalue weighted by Gasteiger charge is -2.00. The molecule has 5 nitrogen and oxygen atoms in total. The Balaban J connectivity index is 2.04. The molecule has 2 rings (SSSR count). The van der Waals surface area contributed by atoms with Crippen LogP contribution in [0.5, 0.6) is 5.75 Å². The molecule has 1 N–H and O–H groups in total. The second-order valence-corrected chi connectivity index (χ2v) is 6.19. The molecule has 1 heterocycles. The Morgan fingerprint density at radius 1 is 1.45 bits per heavy atom. The van der Waals surface area contributed by atoms with Crippen molar-refractivity contribution in [3.8, 4) is 5.75 Å². The molecule has 0 bridgehead atoms. The van der Waals surface area contributed by atoms with E-state index in [9.17, 15) is 9.59 Å². The average Bonchev–Trinajstić information content (AvgIpc) is 2.78. The molecule has 0 fully saturated rings. The molecule has 1 aromatic heterocycles. The molecule has 0 atom stereocenters. The summed E-state index contributed by atoms with van der Waals surface area (Å²) in [6, 6.07) is 5.72. The van der Waals surface area contributed by atoms with E-state index < -0.39 is 0 Å². The van der Waals surface area contributed by atoms with E-state index in [0.717, 1.165) is 20.3 Å². The quantitative estimate of drug-likeness (QED) is 0.859. The Labute approximate surface area is 124 Å². The number of carbonyl (C=O) groups is 2. The van der Waals surface area contributed by atoms with E-state index in [2.05, 4.69) is 10.3 Å². The molecule has 106 valence electrons. The van der Waals surface area contributed by atoms with Gasteiger partial charge in [-0.15, -0.1) is 11.3 Å². The Kier molecular flexibility index (Phi) is 4.97. The number of benzene rings is 1. The fourth-order valence-electron chi connectivity index (χ4n) is 1.56. The maximum atomic E-state index is 11.4. The number of amides is 2. The zero-order chi connectivity index (χ0) is 14.5. The highest BCUT2D eigenvalue weighted by molar-refractivity contribution is 8.01. The highest BCUT2D eigenvalue weighted by atomic mass is 32.2. The third-order valence-electron chi connectivity index (χ3n) is 2.29. The van der Waals surface area contributed by atoms with Crippen LogP contribution in [0.3, 0.4) is 0 Å². The van der Waals surface area contributed by atoms with Gasteiger partial charge in [0.05, 0.1) is 22.6 Å². The number of thiazole rings is 1. The van der Waals surface area contributed by atoms with Gasteiger partial charge in [0.1, 0.15) is 5.75 Å². The highest BCUT2D eigenvalue weighted by Crippen LogP contribution is 2.31. The number of nitrogens with zero attached hydrogens (tertiary/aromatic N) is 1. The summed E-state index contributed by atoms with van der Waals surface area (Å²) in [7, 11) is 0. The molecule has 0 saturated heterocycles. The molecule has 0 unspecified atom stereocenters. The normalized spacial score (nSPS) is 10.5. The van der Waals surface area contributed by atoms with Gasteiger partial charge in [-0.05, 0) is 25.1 Å². The number of thioether (sulfide) groups is 1. The molecule has 0 saturated carbocycles. The number of imide groups is 1. The lowest BCUT2D eigenvalue weighted by Crippen LogP contribution is -2.29. The maximum Gasteiger partial charge on any atom is 0.236 e. The topological polar surface area (TPSA) is 68.3 Å². The number of ether oxygens (including phenoxy) is 1. The first kappa shape index (κ1) is 14.8. The van der Waals surface area contributed by atoms with Gasteiger partial charge in [-0.3, -0.25) is 14.9 Å². The van der Waals surface area contributed by atoms with Crippen molar-refractivity contribution in [2.45, 2.75) is 18.2 Å². The van der Waals surface area contributed by atoms with Crippen molar-refractivity contribution in [3.05, 3.63) is 18.2 Å². The van der Waals surface area contributed by atoms with Gasteiger partial charge in [0.25, 0.3) is 0 Å². The zero-order valence-corrected chi connectivity index (χ0v) is 12.8. The van der Waals surface area contributed by atoms with Crippen molar-refractivity contribution in [2.24, 2.45) is 0 Å². The monoisotopic (exact) mass is 310 g/mol. The van der Waals surface area contributed by atoms with Gasteiger partial charge in [-0.25, -0.2) is 4.98 Å². The Bertz CT molecular complexity index is 640. The lowest BCUT2D eigenvalue weighted by atomic mass is 10.3. The van der Waals surface area contributed by atoms with E-state index >= 15 is 0 Å². The molecule has 2 aromatic rings. The minimum Gasteiger partial charge on any atom is -0.494 e. The van der Waals surface area contributed by atoms with Crippen LogP contribution in [0.15, 0.2) is 22.5 Å². The predicted molar refractivity (Wildman–Crippen MR) is 80.3 cm³/mol. The fraction of sp³-hybridized carbons (Fsp3) is 0.308. The summed E-state index contributed by atoms with van der Waals surface area (Å²) >= 11 is 2.82. The molecule has 0 aliphatic heterocycles. The van der Waals surface area contributed by atoms with Crippen LogP contribution in [0.25, 0.3) is 10.2 Å². The minimum absolute atomic E-state index is 0.178. The van der Waals surface area contributed by atoms with Crippen LogP contribution in [-0.4, -0.2) is 29.2 Å². The van der Waals surface area contributed by atoms with E-state index in [1.807, 2.05) is 25.1 Å². The smallest absolute Gasteiger partial charge is 0.236 e. The van der Waals surface area contributed by atoms with E-state index in [0.29, 0.717) is 6.61 Å². The van der Waals surface area contributed by atoms with Crippen LogP contribution in [0.4, 0.5) is 0 Å². The summed E-state index contributed by atoms with van der Waals surface area (Å²) in [5.74, 6) is 0.338. The van der Waals surface area contributed by atoms with Crippen LogP contribution in [0, 0.1) is 0 Å². The molecule has 0 spiro atoms. The average molecular weight is 310 g/mol. The zero-order valence-electron chi connectivity index (χ0n) is 11.1. The SMILES string of the molecule is CCOc1ccc2nc(SCC(=O)NC(C)=O)sc2c1. The molecule has 0 aliphatic rings. The number of fused-ring (bicyclic) bond motifs is 1. The van der Waals surface area contributed by atoms with Crippen molar-refractivity contribution in [1.29, 1.82) is 0 Å². The molecule has 0 aliphatic carbocycles. The lowest BCUT2D eigenvalue weighted by molar-refractivity contribution is -0.127. The first-order valence-corrected chi connectivity index (χ1v) is 7.85. The van der Waals surface area contributed by atoms with Gasteiger partial charge in [0.15, 0.2) is 4.34 Å². The summed E-state index contributed by atoms with van der Waals surface area (Å²) < 4.78 is 7.25. The van der Waals surface area contributed by atoms with E-state index in [4.69, 9.17) is 4.74 Å². The molecule has 0 radical (unpaired) electrons. The maximum absolute atomic E-state index is 11.4. The van der Waals surface area contributed by atoms with Crippen molar-refractivity contribution in [2.75, 3.05) is 12.4 Å². The summed E-state index contributed by atoms with van der Waals surface area (Å²) in [4.78, 5) is 26.5. The number of hydrogen-bond acceptors (Lipinski definition) is 6. The van der Waals surface area contributed by atoms with Crippen molar-refractivity contribution in [3.63, 3.8) is 0 Å².